The maximum atomic E-state index is 9.09. The fraction of sp³-hybridized carbons (Fsp3) is 0.222. The Labute approximate surface area is 152 Å². The molecule has 0 saturated carbocycles. The Kier molecular flexibility index (Phi) is 6.01. The summed E-state index contributed by atoms with van der Waals surface area (Å²) >= 11 is 0. The molecule has 0 fully saturated rings. The van der Waals surface area contributed by atoms with Gasteiger partial charge in [0.1, 0.15) is 5.75 Å². The molecule has 134 valence electrons. The molecule has 1 heterocycles. The van der Waals surface area contributed by atoms with E-state index >= 15 is 0 Å². The molecule has 8 heteroatoms. The van der Waals surface area contributed by atoms with Crippen molar-refractivity contribution in [2.75, 3.05) is 7.11 Å². The number of aromatic nitrogens is 3. The second-order valence-corrected chi connectivity index (χ2v) is 5.97. The number of methoxy groups -OCH3 is 1. The van der Waals surface area contributed by atoms with Crippen LogP contribution in [0.5, 0.6) is 5.75 Å². The van der Waals surface area contributed by atoms with Gasteiger partial charge in [0.15, 0.2) is 0 Å². The second kappa shape index (κ2) is 8.62. The summed E-state index contributed by atoms with van der Waals surface area (Å²) in [5.74, 6) is 0.832. The summed E-state index contributed by atoms with van der Waals surface area (Å²) in [7, 11) is 0.216. The van der Waals surface area contributed by atoms with E-state index in [9.17, 15) is 0 Å². The molecule has 26 heavy (non-hydrogen) atoms. The van der Waals surface area contributed by atoms with Gasteiger partial charge in [-0.15, -0.1) is 5.10 Å². The van der Waals surface area contributed by atoms with Crippen molar-refractivity contribution in [3.8, 4) is 5.75 Å². The fourth-order valence-electron chi connectivity index (χ4n) is 2.56. The van der Waals surface area contributed by atoms with Crippen molar-refractivity contribution in [3.63, 3.8) is 0 Å². The first-order chi connectivity index (χ1) is 12.6. The third kappa shape index (κ3) is 4.92. The predicted molar refractivity (Wildman–Crippen MR) is 98.9 cm³/mol. The van der Waals surface area contributed by atoms with E-state index in [1.807, 2.05) is 42.6 Å². The highest BCUT2D eigenvalue weighted by atomic mass is 16.5. The van der Waals surface area contributed by atoms with Crippen LogP contribution in [0, 0.1) is 0 Å². The highest BCUT2D eigenvalue weighted by Gasteiger charge is 2.09. The van der Waals surface area contributed by atoms with Crippen LogP contribution in [-0.4, -0.2) is 39.3 Å². The highest BCUT2D eigenvalue weighted by molar-refractivity contribution is 6.58. The molecule has 0 aliphatic heterocycles. The fourth-order valence-corrected chi connectivity index (χ4v) is 2.56. The normalized spacial score (nSPS) is 10.7. The molecule has 0 amide bonds. The van der Waals surface area contributed by atoms with Gasteiger partial charge in [-0.3, -0.25) is 0 Å². The average Bonchev–Trinajstić information content (AvgIpc) is 3.10. The van der Waals surface area contributed by atoms with Crippen LogP contribution in [0.2, 0.25) is 0 Å². The topological polar surface area (TPSA) is 92.4 Å². The lowest BCUT2D eigenvalue weighted by Crippen LogP contribution is -2.29. The molecule has 3 aromatic rings. The first-order valence-corrected chi connectivity index (χ1v) is 8.31. The Bertz CT molecular complexity index is 819. The van der Waals surface area contributed by atoms with Gasteiger partial charge in [0.25, 0.3) is 0 Å². The standard InChI is InChI=1S/C18H21BN4O3/c1-26-18-8-4-15(5-9-18)12-23-13-17(21-22-23)11-20-10-14-2-6-16(7-3-14)19(24)25/h2-9,13,20,24-25H,10-12H2,1H3. The number of nitrogens with one attached hydrogen (secondary N) is 1. The van der Waals surface area contributed by atoms with Gasteiger partial charge in [-0.1, -0.05) is 41.6 Å². The Morgan fingerprint density at radius 1 is 1.00 bits per heavy atom. The zero-order valence-corrected chi connectivity index (χ0v) is 14.5. The summed E-state index contributed by atoms with van der Waals surface area (Å²) in [6.45, 7) is 1.92. The van der Waals surface area contributed by atoms with Gasteiger partial charge < -0.3 is 20.1 Å². The summed E-state index contributed by atoms with van der Waals surface area (Å²) in [5, 5.41) is 29.8. The second-order valence-electron chi connectivity index (χ2n) is 5.97. The van der Waals surface area contributed by atoms with Crippen molar-refractivity contribution in [2.24, 2.45) is 0 Å². The summed E-state index contributed by atoms with van der Waals surface area (Å²) in [4.78, 5) is 0. The number of benzene rings is 2. The highest BCUT2D eigenvalue weighted by Crippen LogP contribution is 2.12. The first-order valence-electron chi connectivity index (χ1n) is 8.31. The summed E-state index contributed by atoms with van der Waals surface area (Å²) in [6.07, 6.45) is 1.92. The Hall–Kier alpha value is -2.68. The van der Waals surface area contributed by atoms with Crippen molar-refractivity contribution in [3.05, 3.63) is 71.5 Å². The smallest absolute Gasteiger partial charge is 0.488 e. The SMILES string of the molecule is COc1ccc(Cn2cc(CNCc3ccc(B(O)O)cc3)nn2)cc1. The molecule has 7 nitrogen and oxygen atoms in total. The molecule has 0 saturated heterocycles. The molecule has 0 spiro atoms. The summed E-state index contributed by atoms with van der Waals surface area (Å²) in [5.41, 5.74) is 3.53. The van der Waals surface area contributed by atoms with Crippen LogP contribution in [0.1, 0.15) is 16.8 Å². The van der Waals surface area contributed by atoms with Crippen LogP contribution in [0.3, 0.4) is 0 Å². The van der Waals surface area contributed by atoms with Gasteiger partial charge in [-0.25, -0.2) is 4.68 Å². The van der Waals surface area contributed by atoms with Gasteiger partial charge in [-0.05, 0) is 28.7 Å². The lowest BCUT2D eigenvalue weighted by atomic mass is 9.80. The molecule has 0 aliphatic carbocycles. The van der Waals surface area contributed by atoms with Crippen molar-refractivity contribution >= 4 is 12.6 Å². The van der Waals surface area contributed by atoms with E-state index in [1.54, 1.807) is 23.9 Å². The van der Waals surface area contributed by atoms with E-state index in [0.29, 0.717) is 25.1 Å². The molecule has 2 aromatic carbocycles. The lowest BCUT2D eigenvalue weighted by molar-refractivity contribution is 0.414. The van der Waals surface area contributed by atoms with E-state index in [-0.39, 0.29) is 0 Å². The number of hydrogen-bond acceptors (Lipinski definition) is 6. The van der Waals surface area contributed by atoms with Gasteiger partial charge >= 0.3 is 7.12 Å². The van der Waals surface area contributed by atoms with Crippen molar-refractivity contribution < 1.29 is 14.8 Å². The molecule has 0 atom stereocenters. The quantitative estimate of drug-likeness (QED) is 0.505. The molecule has 0 radical (unpaired) electrons. The van der Waals surface area contributed by atoms with E-state index in [1.165, 1.54) is 0 Å². The van der Waals surface area contributed by atoms with Crippen LogP contribution >= 0.6 is 0 Å². The van der Waals surface area contributed by atoms with E-state index in [0.717, 1.165) is 22.6 Å². The Balaban J connectivity index is 1.48. The monoisotopic (exact) mass is 352 g/mol. The van der Waals surface area contributed by atoms with Crippen molar-refractivity contribution in [2.45, 2.75) is 19.6 Å². The number of hydrogen-bond donors (Lipinski definition) is 3. The average molecular weight is 352 g/mol. The lowest BCUT2D eigenvalue weighted by Gasteiger charge is -2.05. The minimum Gasteiger partial charge on any atom is -0.497 e. The number of ether oxygens (including phenoxy) is 1. The Morgan fingerprint density at radius 2 is 1.69 bits per heavy atom. The first kappa shape index (κ1) is 18.1. The van der Waals surface area contributed by atoms with Gasteiger partial charge in [0.05, 0.1) is 25.5 Å². The van der Waals surface area contributed by atoms with Gasteiger partial charge in [-0.2, -0.15) is 0 Å². The third-order valence-electron chi connectivity index (χ3n) is 4.00. The summed E-state index contributed by atoms with van der Waals surface area (Å²) < 4.78 is 6.96. The van der Waals surface area contributed by atoms with Crippen molar-refractivity contribution in [1.82, 2.24) is 20.3 Å². The van der Waals surface area contributed by atoms with Crippen LogP contribution in [0.25, 0.3) is 0 Å². The molecule has 0 bridgehead atoms. The van der Waals surface area contributed by atoms with Crippen LogP contribution < -0.4 is 15.5 Å². The molecule has 3 N–H and O–H groups in total. The van der Waals surface area contributed by atoms with E-state index < -0.39 is 7.12 Å². The largest absolute Gasteiger partial charge is 0.497 e. The van der Waals surface area contributed by atoms with Gasteiger partial charge in [0.2, 0.25) is 0 Å². The molecule has 1 aromatic heterocycles. The number of nitrogens with zero attached hydrogens (tertiary/aromatic N) is 3. The maximum absolute atomic E-state index is 9.09. The number of rotatable bonds is 8. The zero-order chi connectivity index (χ0) is 18.4. The maximum Gasteiger partial charge on any atom is 0.488 e. The van der Waals surface area contributed by atoms with Crippen LogP contribution in [0.4, 0.5) is 0 Å². The minimum atomic E-state index is -1.43. The summed E-state index contributed by atoms with van der Waals surface area (Å²) in [6, 6.07) is 15.0. The van der Waals surface area contributed by atoms with Crippen molar-refractivity contribution in [1.29, 1.82) is 0 Å². The van der Waals surface area contributed by atoms with Gasteiger partial charge in [0, 0.05) is 13.1 Å². The van der Waals surface area contributed by atoms with E-state index in [2.05, 4.69) is 15.6 Å². The molecular formula is C18H21BN4O3. The molecule has 0 unspecified atom stereocenters. The van der Waals surface area contributed by atoms with Crippen LogP contribution in [-0.2, 0) is 19.6 Å². The third-order valence-corrected chi connectivity index (χ3v) is 4.00. The Morgan fingerprint density at radius 3 is 2.35 bits per heavy atom. The van der Waals surface area contributed by atoms with Crippen LogP contribution in [0.15, 0.2) is 54.7 Å². The molecular weight excluding hydrogens is 331 g/mol. The zero-order valence-electron chi connectivity index (χ0n) is 14.5. The predicted octanol–water partition coefficient (Wildman–Crippen LogP) is 0.305. The molecule has 0 aliphatic rings. The molecule has 3 rings (SSSR count). The minimum absolute atomic E-state index is 0.482. The van der Waals surface area contributed by atoms with E-state index in [4.69, 9.17) is 14.8 Å².